The van der Waals surface area contributed by atoms with Gasteiger partial charge in [-0.15, -0.1) is 0 Å². The van der Waals surface area contributed by atoms with Gasteiger partial charge in [0.25, 0.3) is 0 Å². The van der Waals surface area contributed by atoms with Crippen LogP contribution in [0.1, 0.15) is 28.8 Å². The molecule has 23 heavy (non-hydrogen) atoms. The number of ether oxygens (including phenoxy) is 1. The molecule has 0 radical (unpaired) electrons. The van der Waals surface area contributed by atoms with E-state index in [2.05, 4.69) is 12.1 Å². The van der Waals surface area contributed by atoms with Gasteiger partial charge in [-0.05, 0) is 37.0 Å². The molecule has 0 saturated heterocycles. The Hall–Kier alpha value is -1.57. The Labute approximate surface area is 142 Å². The molecule has 0 aliphatic rings. The van der Waals surface area contributed by atoms with Crippen LogP contribution in [0.3, 0.4) is 0 Å². The predicted octanol–water partition coefficient (Wildman–Crippen LogP) is 5.07. The van der Waals surface area contributed by atoms with Gasteiger partial charge in [-0.1, -0.05) is 48.0 Å². The number of benzene rings is 2. The van der Waals surface area contributed by atoms with Crippen LogP contribution in [-0.2, 0) is 11.0 Å². The summed E-state index contributed by atoms with van der Waals surface area (Å²) in [6.07, 6.45) is 3.00. The lowest BCUT2D eigenvalue weighted by Crippen LogP contribution is -2.01. The Bertz CT molecular complexity index is 686. The van der Waals surface area contributed by atoms with Crippen LogP contribution >= 0.6 is 19.4 Å². The summed E-state index contributed by atoms with van der Waals surface area (Å²) in [7, 11) is -0.909. The second-order valence-corrected chi connectivity index (χ2v) is 7.47. The largest absolute Gasteiger partial charge is 0.496 e. The number of rotatable bonds is 8. The molecule has 3 nitrogen and oxygen atoms in total. The Morgan fingerprint density at radius 1 is 1.09 bits per heavy atom. The number of hydrogen-bond acceptors (Lipinski definition) is 3. The number of carbonyl (C=O) groups is 1. The van der Waals surface area contributed by atoms with Gasteiger partial charge in [0.15, 0.2) is 0 Å². The zero-order valence-corrected chi connectivity index (χ0v) is 14.8. The minimum Gasteiger partial charge on any atom is -0.496 e. The molecule has 2 aromatic rings. The van der Waals surface area contributed by atoms with Gasteiger partial charge >= 0.3 is 0 Å². The van der Waals surface area contributed by atoms with E-state index in [-0.39, 0.29) is 10.6 Å². The van der Waals surface area contributed by atoms with Crippen molar-refractivity contribution >= 4 is 24.9 Å². The zero-order valence-electron chi connectivity index (χ0n) is 13.0. The fourth-order valence-electron chi connectivity index (χ4n) is 2.41. The number of aryl methyl sites for hydroxylation is 1. The zero-order chi connectivity index (χ0) is 16.7. The lowest BCUT2D eigenvalue weighted by atomic mass is 10.1. The SMILES string of the molecule is COc1cccc(Cl)c1C(=O)[PH](=O)CCCCc1ccccc1. The highest BCUT2D eigenvalue weighted by Crippen LogP contribution is 2.36. The van der Waals surface area contributed by atoms with Gasteiger partial charge in [0.05, 0.1) is 17.7 Å². The van der Waals surface area contributed by atoms with Crippen molar-refractivity contribution in [3.8, 4) is 5.75 Å². The topological polar surface area (TPSA) is 43.4 Å². The molecule has 1 unspecified atom stereocenters. The van der Waals surface area contributed by atoms with Crippen LogP contribution in [0.4, 0.5) is 0 Å². The third-order valence-electron chi connectivity index (χ3n) is 3.64. The van der Waals surface area contributed by atoms with E-state index in [9.17, 15) is 9.36 Å². The summed E-state index contributed by atoms with van der Waals surface area (Å²) in [5.74, 6) is 0.380. The van der Waals surface area contributed by atoms with Crippen LogP contribution < -0.4 is 4.74 Å². The van der Waals surface area contributed by atoms with E-state index in [4.69, 9.17) is 16.3 Å². The van der Waals surface area contributed by atoms with E-state index in [1.165, 1.54) is 12.7 Å². The molecule has 1 atom stereocenters. The highest BCUT2D eigenvalue weighted by molar-refractivity contribution is 7.64. The highest BCUT2D eigenvalue weighted by atomic mass is 35.5. The summed E-state index contributed by atoms with van der Waals surface area (Å²) >= 11 is 6.07. The number of hydrogen-bond donors (Lipinski definition) is 0. The van der Waals surface area contributed by atoms with E-state index in [1.54, 1.807) is 18.2 Å². The fraction of sp³-hybridized carbons (Fsp3) is 0.278. The van der Waals surface area contributed by atoms with Crippen molar-refractivity contribution in [1.29, 1.82) is 0 Å². The summed E-state index contributed by atoms with van der Waals surface area (Å²) in [4.78, 5) is 12.4. The molecule has 0 saturated carbocycles. The number of carbonyl (C=O) groups excluding carboxylic acids is 1. The Morgan fingerprint density at radius 3 is 2.52 bits per heavy atom. The maximum Gasteiger partial charge on any atom is 0.223 e. The van der Waals surface area contributed by atoms with Gasteiger partial charge in [-0.3, -0.25) is 4.79 Å². The van der Waals surface area contributed by atoms with E-state index in [0.717, 1.165) is 19.3 Å². The molecule has 122 valence electrons. The van der Waals surface area contributed by atoms with Crippen LogP contribution in [0.25, 0.3) is 0 Å². The van der Waals surface area contributed by atoms with Gasteiger partial charge in [0, 0.05) is 6.16 Å². The molecular formula is C18H20ClO3P. The molecule has 0 N–H and O–H groups in total. The molecule has 0 spiro atoms. The highest BCUT2D eigenvalue weighted by Gasteiger charge is 2.21. The molecule has 0 aromatic heterocycles. The molecule has 0 aliphatic carbocycles. The van der Waals surface area contributed by atoms with Gasteiger partial charge < -0.3 is 9.30 Å². The summed E-state index contributed by atoms with van der Waals surface area (Å²) in [5, 5.41) is 0.289. The third-order valence-corrected chi connectivity index (χ3v) is 5.52. The lowest BCUT2D eigenvalue weighted by molar-refractivity contribution is 0.107. The molecule has 0 aliphatic heterocycles. The van der Waals surface area contributed by atoms with Crippen LogP contribution in [0.15, 0.2) is 48.5 Å². The maximum atomic E-state index is 12.4. The summed E-state index contributed by atoms with van der Waals surface area (Å²) in [6.45, 7) is 0. The van der Waals surface area contributed by atoms with Crippen molar-refractivity contribution in [2.24, 2.45) is 0 Å². The van der Waals surface area contributed by atoms with Crippen LogP contribution in [0.5, 0.6) is 5.75 Å². The minimum absolute atomic E-state index is 0.239. The van der Waals surface area contributed by atoms with E-state index in [0.29, 0.717) is 11.9 Å². The van der Waals surface area contributed by atoms with Crippen molar-refractivity contribution in [2.45, 2.75) is 19.3 Å². The average Bonchev–Trinajstić information content (AvgIpc) is 2.58. The Kier molecular flexibility index (Phi) is 6.88. The predicted molar refractivity (Wildman–Crippen MR) is 95.6 cm³/mol. The molecule has 2 rings (SSSR count). The monoisotopic (exact) mass is 350 g/mol. The molecule has 0 heterocycles. The Balaban J connectivity index is 1.90. The fourth-order valence-corrected chi connectivity index (χ4v) is 4.07. The van der Waals surface area contributed by atoms with Crippen LogP contribution in [-0.4, -0.2) is 18.8 Å². The second-order valence-electron chi connectivity index (χ2n) is 5.26. The molecule has 0 fully saturated rings. The second kappa shape index (κ2) is 8.90. The summed E-state index contributed by atoms with van der Waals surface area (Å²) in [5.41, 5.74) is 1.10. The van der Waals surface area contributed by atoms with Crippen LogP contribution in [0.2, 0.25) is 5.02 Å². The van der Waals surface area contributed by atoms with Crippen molar-refractivity contribution in [2.75, 3.05) is 13.3 Å². The quantitative estimate of drug-likeness (QED) is 0.493. The molecule has 0 amide bonds. The van der Waals surface area contributed by atoms with Gasteiger partial charge in [-0.25, -0.2) is 0 Å². The maximum absolute atomic E-state index is 12.4. The lowest BCUT2D eigenvalue weighted by Gasteiger charge is -2.09. The first kappa shape index (κ1) is 17.8. The third kappa shape index (κ3) is 4.95. The van der Waals surface area contributed by atoms with Crippen molar-refractivity contribution in [1.82, 2.24) is 0 Å². The molecular weight excluding hydrogens is 331 g/mol. The van der Waals surface area contributed by atoms with Crippen molar-refractivity contribution < 1.29 is 14.1 Å². The van der Waals surface area contributed by atoms with E-state index >= 15 is 0 Å². The van der Waals surface area contributed by atoms with E-state index < -0.39 is 13.3 Å². The molecule has 2 aromatic carbocycles. The molecule has 0 bridgehead atoms. The summed E-state index contributed by atoms with van der Waals surface area (Å²) in [6, 6.07) is 15.1. The Morgan fingerprint density at radius 2 is 1.83 bits per heavy atom. The number of halogens is 1. The van der Waals surface area contributed by atoms with Crippen LogP contribution in [0, 0.1) is 0 Å². The number of methoxy groups -OCH3 is 1. The number of unbranched alkanes of at least 4 members (excludes halogenated alkanes) is 1. The summed E-state index contributed by atoms with van der Waals surface area (Å²) < 4.78 is 17.4. The van der Waals surface area contributed by atoms with Gasteiger partial charge in [0.2, 0.25) is 5.52 Å². The van der Waals surface area contributed by atoms with Crippen molar-refractivity contribution in [3.63, 3.8) is 0 Å². The van der Waals surface area contributed by atoms with Crippen molar-refractivity contribution in [3.05, 3.63) is 64.7 Å². The minimum atomic E-state index is -2.38. The first-order valence-corrected chi connectivity index (χ1v) is 9.56. The normalized spacial score (nSPS) is 11.9. The first-order chi connectivity index (χ1) is 11.1. The van der Waals surface area contributed by atoms with Gasteiger partial charge in [-0.2, -0.15) is 0 Å². The molecule has 5 heteroatoms. The smallest absolute Gasteiger partial charge is 0.223 e. The first-order valence-electron chi connectivity index (χ1n) is 7.57. The average molecular weight is 351 g/mol. The standard InChI is InChI=1S/C18H20ClO3P/c1-22-16-12-7-11-15(19)17(16)18(20)23(21)13-6-5-10-14-8-3-2-4-9-14/h2-4,7-9,11-12,23H,5-6,10,13H2,1H3. The van der Waals surface area contributed by atoms with E-state index in [1.807, 2.05) is 18.2 Å². The van der Waals surface area contributed by atoms with Gasteiger partial charge in [0.1, 0.15) is 13.6 Å².